The number of rotatable bonds is 5. The summed E-state index contributed by atoms with van der Waals surface area (Å²) in [6.07, 6.45) is 3.22. The summed E-state index contributed by atoms with van der Waals surface area (Å²) in [4.78, 5) is 23.1. The van der Waals surface area contributed by atoms with Gasteiger partial charge in [-0.15, -0.1) is 11.3 Å². The number of hydrogen-bond donors (Lipinski definition) is 2. The molecule has 0 saturated carbocycles. The highest BCUT2D eigenvalue weighted by molar-refractivity contribution is 7.18. The second-order valence-corrected chi connectivity index (χ2v) is 6.53. The summed E-state index contributed by atoms with van der Waals surface area (Å²) in [6.45, 7) is 2.74. The van der Waals surface area contributed by atoms with Crippen LogP contribution in [0, 0.1) is 0 Å². The molecule has 1 atom stereocenters. The van der Waals surface area contributed by atoms with Gasteiger partial charge in [-0.2, -0.15) is 0 Å². The lowest BCUT2D eigenvalue weighted by Gasteiger charge is -2.19. The molecule has 1 aliphatic rings. The van der Waals surface area contributed by atoms with Crippen molar-refractivity contribution in [2.24, 2.45) is 0 Å². The van der Waals surface area contributed by atoms with Gasteiger partial charge in [0, 0.05) is 18.9 Å². The first-order valence-electron chi connectivity index (χ1n) is 7.15. The van der Waals surface area contributed by atoms with Gasteiger partial charge in [0.15, 0.2) is 0 Å². The van der Waals surface area contributed by atoms with Crippen LogP contribution >= 0.6 is 11.3 Å². The first kappa shape index (κ1) is 14.2. The molecule has 112 valence electrons. The average molecular weight is 306 g/mol. The summed E-state index contributed by atoms with van der Waals surface area (Å²) in [7, 11) is 2.21. The number of nitrogens with zero attached hydrogens (tertiary/aromatic N) is 2. The molecule has 1 unspecified atom stereocenters. The zero-order chi connectivity index (χ0) is 14.8. The Morgan fingerprint density at radius 2 is 2.38 bits per heavy atom. The summed E-state index contributed by atoms with van der Waals surface area (Å²) < 4.78 is 0. The average Bonchev–Trinajstić information content (AvgIpc) is 2.81. The molecular formula is C14H18N4O2S. The van der Waals surface area contributed by atoms with Gasteiger partial charge in [0.2, 0.25) is 0 Å². The first-order chi connectivity index (χ1) is 10.1. The van der Waals surface area contributed by atoms with E-state index in [0.717, 1.165) is 35.5 Å². The van der Waals surface area contributed by atoms with Gasteiger partial charge in [-0.25, -0.2) is 9.97 Å². The van der Waals surface area contributed by atoms with Crippen LogP contribution in [0.25, 0.3) is 10.2 Å². The molecule has 2 aromatic rings. The highest BCUT2D eigenvalue weighted by Crippen LogP contribution is 2.34. The number of nitrogens with one attached hydrogen (secondary N) is 2. The third kappa shape index (κ3) is 2.98. The van der Waals surface area contributed by atoms with Crippen LogP contribution in [0.5, 0.6) is 0 Å². The van der Waals surface area contributed by atoms with Crippen molar-refractivity contribution in [1.82, 2.24) is 9.97 Å². The van der Waals surface area contributed by atoms with E-state index in [2.05, 4.69) is 22.3 Å². The molecule has 7 heteroatoms. The number of carbonyl (C=O) groups excluding carboxylic acids is 1. The third-order valence-corrected chi connectivity index (χ3v) is 4.92. The highest BCUT2D eigenvalue weighted by atomic mass is 32.1. The van der Waals surface area contributed by atoms with Crippen molar-refractivity contribution in [2.45, 2.75) is 25.8 Å². The third-order valence-electron chi connectivity index (χ3n) is 3.78. The molecule has 2 N–H and O–H groups in total. The number of fused-ring (bicyclic) bond motifs is 3. The predicted octanol–water partition coefficient (Wildman–Crippen LogP) is -0.796. The van der Waals surface area contributed by atoms with E-state index in [4.69, 9.17) is 0 Å². The fourth-order valence-corrected chi connectivity index (χ4v) is 4.02. The molecule has 1 aliphatic heterocycles. The Bertz CT molecular complexity index is 670. The molecule has 0 spiro atoms. The normalized spacial score (nSPS) is 17.7. The van der Waals surface area contributed by atoms with E-state index < -0.39 is 5.97 Å². The maximum atomic E-state index is 10.4. The van der Waals surface area contributed by atoms with Crippen LogP contribution in [-0.2, 0) is 17.8 Å². The number of carbonyl (C=O) groups is 1. The minimum Gasteiger partial charge on any atom is -0.550 e. The molecule has 6 nitrogen and oxygen atoms in total. The Morgan fingerprint density at radius 3 is 3.19 bits per heavy atom. The quantitative estimate of drug-likeness (QED) is 0.707. The standard InChI is InChI=1S/C14H18N4O2S/c1-18-6-4-9-10(7-18)21-14-12(9)13(16-8-17-14)15-5-2-3-11(19)20/h8H,2-7H2,1H3,(H,19,20)(H,15,16,17). The Balaban J connectivity index is 1.84. The molecule has 0 fully saturated rings. The lowest BCUT2D eigenvalue weighted by molar-refractivity contribution is -0.895. The fraction of sp³-hybridized carbons (Fsp3) is 0.500. The molecule has 0 aromatic carbocycles. The zero-order valence-electron chi connectivity index (χ0n) is 11.9. The van der Waals surface area contributed by atoms with Crippen LogP contribution in [0.3, 0.4) is 0 Å². The number of aromatic nitrogens is 2. The second-order valence-electron chi connectivity index (χ2n) is 5.44. The predicted molar refractivity (Wildman–Crippen MR) is 79.3 cm³/mol. The van der Waals surface area contributed by atoms with Gasteiger partial charge in [0.1, 0.15) is 23.5 Å². The van der Waals surface area contributed by atoms with Crippen molar-refractivity contribution in [1.29, 1.82) is 0 Å². The van der Waals surface area contributed by atoms with Crippen molar-refractivity contribution in [3.8, 4) is 0 Å². The molecule has 0 amide bonds. The van der Waals surface area contributed by atoms with Crippen molar-refractivity contribution in [3.63, 3.8) is 0 Å². The van der Waals surface area contributed by atoms with Crippen molar-refractivity contribution in [2.75, 3.05) is 25.5 Å². The lowest BCUT2D eigenvalue weighted by atomic mass is 10.1. The largest absolute Gasteiger partial charge is 0.550 e. The van der Waals surface area contributed by atoms with E-state index in [1.807, 2.05) is 0 Å². The van der Waals surface area contributed by atoms with Crippen LogP contribution in [0.15, 0.2) is 6.33 Å². The summed E-state index contributed by atoms with van der Waals surface area (Å²) in [5, 5.41) is 14.8. The van der Waals surface area contributed by atoms with Gasteiger partial charge < -0.3 is 20.1 Å². The number of thiophene rings is 1. The van der Waals surface area contributed by atoms with Crippen LogP contribution in [0.2, 0.25) is 0 Å². The number of hydrogen-bond acceptors (Lipinski definition) is 6. The summed E-state index contributed by atoms with van der Waals surface area (Å²) in [5.41, 5.74) is 1.36. The van der Waals surface area contributed by atoms with Crippen molar-refractivity contribution in [3.05, 3.63) is 16.8 Å². The number of anilines is 1. The van der Waals surface area contributed by atoms with E-state index in [9.17, 15) is 9.90 Å². The Morgan fingerprint density at radius 1 is 1.52 bits per heavy atom. The van der Waals surface area contributed by atoms with Gasteiger partial charge in [0.05, 0.1) is 23.9 Å². The lowest BCUT2D eigenvalue weighted by Crippen LogP contribution is -3.08. The Kier molecular flexibility index (Phi) is 4.03. The number of quaternary nitrogens is 1. The van der Waals surface area contributed by atoms with Gasteiger partial charge in [-0.1, -0.05) is 0 Å². The van der Waals surface area contributed by atoms with Gasteiger partial charge >= 0.3 is 0 Å². The SMILES string of the molecule is C[NH+]1CCc2c(sc3ncnc(NCCCC(=O)[O-])c23)C1. The minimum atomic E-state index is -1.01. The molecule has 0 saturated heterocycles. The summed E-state index contributed by atoms with van der Waals surface area (Å²) in [6, 6.07) is 0. The molecular weight excluding hydrogens is 288 g/mol. The zero-order valence-corrected chi connectivity index (χ0v) is 12.8. The molecule has 0 radical (unpaired) electrons. The van der Waals surface area contributed by atoms with E-state index in [-0.39, 0.29) is 6.42 Å². The van der Waals surface area contributed by atoms with Crippen LogP contribution in [0.4, 0.5) is 5.82 Å². The molecule has 3 rings (SSSR count). The van der Waals surface area contributed by atoms with Crippen LogP contribution in [-0.4, -0.2) is 36.1 Å². The number of carboxylic acid groups (broad SMARTS) is 1. The maximum Gasteiger partial charge on any atom is 0.138 e. The Labute approximate surface area is 126 Å². The van der Waals surface area contributed by atoms with E-state index >= 15 is 0 Å². The van der Waals surface area contributed by atoms with Gasteiger partial charge in [-0.05, 0) is 18.4 Å². The Hall–Kier alpha value is -1.73. The molecule has 0 aliphatic carbocycles. The summed E-state index contributed by atoms with van der Waals surface area (Å²) >= 11 is 1.75. The van der Waals surface area contributed by atoms with Crippen molar-refractivity contribution >= 4 is 33.3 Å². The molecule has 2 aromatic heterocycles. The number of carboxylic acids is 1. The molecule has 0 bridgehead atoms. The van der Waals surface area contributed by atoms with Crippen LogP contribution < -0.4 is 15.3 Å². The molecule has 3 heterocycles. The van der Waals surface area contributed by atoms with E-state index in [1.165, 1.54) is 15.3 Å². The first-order valence-corrected chi connectivity index (χ1v) is 7.97. The van der Waals surface area contributed by atoms with Crippen molar-refractivity contribution < 1.29 is 14.8 Å². The topological polar surface area (TPSA) is 82.4 Å². The highest BCUT2D eigenvalue weighted by Gasteiger charge is 2.23. The summed E-state index contributed by atoms with van der Waals surface area (Å²) in [5.74, 6) is -0.182. The second kappa shape index (κ2) is 5.95. The minimum absolute atomic E-state index is 0.0666. The number of likely N-dealkylation sites (N-methyl/N-ethyl adjacent to an activating group) is 1. The fourth-order valence-electron chi connectivity index (χ4n) is 2.72. The number of aliphatic carboxylic acids is 1. The smallest absolute Gasteiger partial charge is 0.138 e. The van der Waals surface area contributed by atoms with E-state index in [0.29, 0.717) is 13.0 Å². The van der Waals surface area contributed by atoms with Gasteiger partial charge in [0.25, 0.3) is 0 Å². The van der Waals surface area contributed by atoms with Crippen LogP contribution in [0.1, 0.15) is 23.3 Å². The maximum absolute atomic E-state index is 10.4. The van der Waals surface area contributed by atoms with Gasteiger partial charge in [-0.3, -0.25) is 0 Å². The molecule has 21 heavy (non-hydrogen) atoms. The monoisotopic (exact) mass is 306 g/mol. The van der Waals surface area contributed by atoms with E-state index in [1.54, 1.807) is 17.7 Å².